The van der Waals surface area contributed by atoms with Crippen LogP contribution in [0.4, 0.5) is 10.2 Å². The van der Waals surface area contributed by atoms with Crippen LogP contribution in [0.3, 0.4) is 0 Å². The number of hydrogen-bond donors (Lipinski definition) is 1. The highest BCUT2D eigenvalue weighted by molar-refractivity contribution is 5.86. The Morgan fingerprint density at radius 1 is 1.16 bits per heavy atom. The molecule has 1 aromatic carbocycles. The van der Waals surface area contributed by atoms with Gasteiger partial charge >= 0.3 is 5.97 Å². The Hall–Kier alpha value is -3.79. The zero-order valence-corrected chi connectivity index (χ0v) is 21.0. The summed E-state index contributed by atoms with van der Waals surface area (Å²) < 4.78 is 28.6. The monoisotopic (exact) mass is 517 g/mol. The molecule has 2 aliphatic heterocycles. The van der Waals surface area contributed by atoms with Crippen LogP contribution in [0.5, 0.6) is 0 Å². The van der Waals surface area contributed by atoms with E-state index >= 15 is 0 Å². The van der Waals surface area contributed by atoms with E-state index in [4.69, 9.17) is 9.26 Å². The summed E-state index contributed by atoms with van der Waals surface area (Å²) >= 11 is 0. The van der Waals surface area contributed by atoms with Crippen molar-refractivity contribution in [3.05, 3.63) is 64.9 Å². The lowest BCUT2D eigenvalue weighted by molar-refractivity contribution is 0.0145. The lowest BCUT2D eigenvalue weighted by Gasteiger charge is -2.39. The molecule has 5 heterocycles. The smallest absolute Gasteiger partial charge is 0.356 e. The van der Waals surface area contributed by atoms with Gasteiger partial charge in [-0.15, -0.1) is 5.10 Å². The molecule has 1 saturated carbocycles. The predicted octanol–water partition coefficient (Wildman–Crippen LogP) is 5.12. The van der Waals surface area contributed by atoms with E-state index in [1.807, 2.05) is 25.1 Å². The van der Waals surface area contributed by atoms with Gasteiger partial charge in [0.2, 0.25) is 0 Å². The van der Waals surface area contributed by atoms with Crippen LogP contribution < -0.4 is 4.90 Å². The molecule has 196 valence electrons. The van der Waals surface area contributed by atoms with E-state index in [-0.39, 0.29) is 29.7 Å². The quantitative estimate of drug-likeness (QED) is 0.360. The molecule has 38 heavy (non-hydrogen) atoms. The standard InChI is InChI=1S/C28H28FN5O4/c1-15-3-2-4-21(29)25(15)26-20(27(38-32-26)16-5-6-16)14-37-19-11-17-7-8-18(12-19)34(17)24-10-9-23-30-22(28(35)36)13-33(23)31-24/h2-4,9-10,13,16-19H,5-8,11-12,14H2,1H3,(H,35,36). The molecule has 0 amide bonds. The summed E-state index contributed by atoms with van der Waals surface area (Å²) in [7, 11) is 0. The molecule has 3 aliphatic rings. The Balaban J connectivity index is 1.10. The molecule has 10 heteroatoms. The Labute approximate surface area is 218 Å². The molecule has 3 fully saturated rings. The molecule has 2 bridgehead atoms. The Bertz CT molecular complexity index is 1510. The van der Waals surface area contributed by atoms with Crippen LogP contribution in [0.15, 0.2) is 41.1 Å². The molecule has 2 saturated heterocycles. The Kier molecular flexibility index (Phi) is 5.47. The molecular weight excluding hydrogens is 489 g/mol. The van der Waals surface area contributed by atoms with Gasteiger partial charge in [0.15, 0.2) is 11.3 Å². The van der Waals surface area contributed by atoms with Gasteiger partial charge in [0.1, 0.15) is 23.1 Å². The number of aromatic nitrogens is 4. The van der Waals surface area contributed by atoms with Gasteiger partial charge in [-0.25, -0.2) is 18.7 Å². The van der Waals surface area contributed by atoms with Gasteiger partial charge in [-0.05, 0) is 69.2 Å². The normalized spacial score (nSPS) is 22.9. The molecular formula is C28H28FN5O4. The molecule has 1 N–H and O–H groups in total. The second kappa shape index (κ2) is 8.90. The largest absolute Gasteiger partial charge is 0.476 e. The maximum Gasteiger partial charge on any atom is 0.356 e. The maximum absolute atomic E-state index is 14.8. The van der Waals surface area contributed by atoms with Crippen LogP contribution in [-0.2, 0) is 11.3 Å². The first-order valence-electron chi connectivity index (χ1n) is 13.2. The van der Waals surface area contributed by atoms with E-state index in [2.05, 4.69) is 20.1 Å². The number of piperidine rings is 1. The van der Waals surface area contributed by atoms with E-state index < -0.39 is 5.97 Å². The van der Waals surface area contributed by atoms with E-state index in [0.717, 1.165) is 61.2 Å². The van der Waals surface area contributed by atoms with Crippen LogP contribution in [0, 0.1) is 12.7 Å². The number of imidazole rings is 1. The van der Waals surface area contributed by atoms with Gasteiger partial charge in [0.25, 0.3) is 0 Å². The average Bonchev–Trinajstić information content (AvgIpc) is 3.41. The SMILES string of the molecule is Cc1cccc(F)c1-c1noc(C2CC2)c1COC1CC2CCC(C1)N2c1ccc2nc(C(=O)O)cn2n1. The summed E-state index contributed by atoms with van der Waals surface area (Å²) in [5, 5.41) is 18.2. The molecule has 9 nitrogen and oxygen atoms in total. The van der Waals surface area contributed by atoms with Gasteiger partial charge in [-0.3, -0.25) is 0 Å². The van der Waals surface area contributed by atoms with Crippen molar-refractivity contribution in [3.8, 4) is 11.3 Å². The summed E-state index contributed by atoms with van der Waals surface area (Å²) in [5.41, 5.74) is 3.24. The number of ether oxygens (including phenoxy) is 1. The lowest BCUT2D eigenvalue weighted by Crippen LogP contribution is -2.46. The van der Waals surface area contributed by atoms with E-state index in [9.17, 15) is 14.3 Å². The fourth-order valence-corrected chi connectivity index (χ4v) is 6.21. The number of carbonyl (C=O) groups is 1. The van der Waals surface area contributed by atoms with Crippen molar-refractivity contribution in [1.82, 2.24) is 19.8 Å². The van der Waals surface area contributed by atoms with Crippen molar-refractivity contribution >= 4 is 17.4 Å². The van der Waals surface area contributed by atoms with Crippen molar-refractivity contribution in [2.75, 3.05) is 4.90 Å². The van der Waals surface area contributed by atoms with Crippen LogP contribution in [0.1, 0.15) is 71.8 Å². The number of nitrogens with zero attached hydrogens (tertiary/aromatic N) is 5. The van der Waals surface area contributed by atoms with Crippen LogP contribution in [0.25, 0.3) is 16.9 Å². The minimum atomic E-state index is -1.07. The molecule has 2 atom stereocenters. The average molecular weight is 518 g/mol. The second-order valence-corrected chi connectivity index (χ2v) is 10.7. The van der Waals surface area contributed by atoms with Crippen molar-refractivity contribution in [1.29, 1.82) is 0 Å². The van der Waals surface area contributed by atoms with Crippen molar-refractivity contribution in [2.24, 2.45) is 0 Å². The third-order valence-electron chi connectivity index (χ3n) is 8.17. The first kappa shape index (κ1) is 23.3. The summed E-state index contributed by atoms with van der Waals surface area (Å²) in [6, 6.07) is 9.36. The number of benzene rings is 1. The van der Waals surface area contributed by atoms with Crippen LogP contribution in [0.2, 0.25) is 0 Å². The number of carboxylic acid groups (broad SMARTS) is 1. The minimum absolute atomic E-state index is 0.0195. The highest BCUT2D eigenvalue weighted by Gasteiger charge is 2.42. The van der Waals surface area contributed by atoms with Crippen LogP contribution in [-0.4, -0.2) is 49.0 Å². The number of fused-ring (bicyclic) bond motifs is 3. The van der Waals surface area contributed by atoms with Gasteiger partial charge in [0, 0.05) is 29.1 Å². The predicted molar refractivity (Wildman–Crippen MR) is 136 cm³/mol. The molecule has 3 aromatic heterocycles. The first-order chi connectivity index (χ1) is 18.5. The maximum atomic E-state index is 14.8. The van der Waals surface area contributed by atoms with E-state index in [1.165, 1.54) is 12.3 Å². The second-order valence-electron chi connectivity index (χ2n) is 10.7. The molecule has 0 spiro atoms. The molecule has 4 aromatic rings. The zero-order chi connectivity index (χ0) is 26.0. The summed E-state index contributed by atoms with van der Waals surface area (Å²) in [5.74, 6) is 0.629. The van der Waals surface area contributed by atoms with Gasteiger partial charge in [-0.2, -0.15) is 0 Å². The molecule has 7 rings (SSSR count). The van der Waals surface area contributed by atoms with Gasteiger partial charge in [0.05, 0.1) is 18.9 Å². The topological polar surface area (TPSA) is 106 Å². The highest BCUT2D eigenvalue weighted by atomic mass is 19.1. The molecule has 1 aliphatic carbocycles. The zero-order valence-electron chi connectivity index (χ0n) is 21.0. The Morgan fingerprint density at radius 3 is 2.66 bits per heavy atom. The van der Waals surface area contributed by atoms with Gasteiger partial charge in [-0.1, -0.05) is 17.3 Å². The van der Waals surface area contributed by atoms with Gasteiger partial charge < -0.3 is 19.3 Å². The highest BCUT2D eigenvalue weighted by Crippen LogP contribution is 2.45. The van der Waals surface area contributed by atoms with E-state index in [1.54, 1.807) is 10.6 Å². The van der Waals surface area contributed by atoms with E-state index in [0.29, 0.717) is 29.4 Å². The number of aryl methyl sites for hydroxylation is 1. The number of aromatic carboxylic acids is 1. The summed E-state index contributed by atoms with van der Waals surface area (Å²) in [6.07, 6.45) is 7.45. The number of rotatable bonds is 7. The first-order valence-corrected chi connectivity index (χ1v) is 13.2. The summed E-state index contributed by atoms with van der Waals surface area (Å²) in [6.45, 7) is 2.24. The Morgan fingerprint density at radius 2 is 1.95 bits per heavy atom. The molecule has 2 unspecified atom stereocenters. The fourth-order valence-electron chi connectivity index (χ4n) is 6.21. The minimum Gasteiger partial charge on any atom is -0.476 e. The number of carboxylic acids is 1. The fraction of sp³-hybridized carbons (Fsp3) is 0.429. The number of hydrogen-bond acceptors (Lipinski definition) is 7. The summed E-state index contributed by atoms with van der Waals surface area (Å²) in [4.78, 5) is 17.7. The van der Waals surface area contributed by atoms with Crippen molar-refractivity contribution in [3.63, 3.8) is 0 Å². The number of halogens is 1. The number of anilines is 1. The molecule has 0 radical (unpaired) electrons. The van der Waals surface area contributed by atoms with Crippen molar-refractivity contribution < 1.29 is 23.6 Å². The third-order valence-corrected chi connectivity index (χ3v) is 8.17. The third kappa shape index (κ3) is 3.94. The van der Waals surface area contributed by atoms with Crippen molar-refractivity contribution in [2.45, 2.75) is 76.2 Å². The lowest BCUT2D eigenvalue weighted by atomic mass is 9.98. The van der Waals surface area contributed by atoms with Crippen LogP contribution >= 0.6 is 0 Å².